The summed E-state index contributed by atoms with van der Waals surface area (Å²) in [7, 11) is 1.35. The Morgan fingerprint density at radius 1 is 1.50 bits per heavy atom. The molecule has 1 atom stereocenters. The van der Waals surface area contributed by atoms with Crippen LogP contribution in [0.4, 0.5) is 13.2 Å². The Hall–Kier alpha value is -1.15. The number of thiazole rings is 1. The molecule has 0 amide bonds. The third kappa shape index (κ3) is 2.64. The number of methoxy groups -OCH3 is 1. The summed E-state index contributed by atoms with van der Waals surface area (Å²) in [5.74, 6) is -1.64. The average molecular weight is 283 g/mol. The lowest BCUT2D eigenvalue weighted by atomic mass is 10.1. The van der Waals surface area contributed by atoms with Crippen molar-refractivity contribution in [3.8, 4) is 0 Å². The first-order chi connectivity index (χ1) is 8.15. The minimum absolute atomic E-state index is 0.0113. The molecule has 1 rings (SSSR count). The third-order valence-corrected chi connectivity index (χ3v) is 3.96. The summed E-state index contributed by atoms with van der Waals surface area (Å²) in [5, 5.41) is 8.79. The van der Waals surface area contributed by atoms with Crippen LogP contribution < -0.4 is 0 Å². The Bertz CT molecular complexity index is 452. The van der Waals surface area contributed by atoms with Crippen LogP contribution in [0.3, 0.4) is 0 Å². The van der Waals surface area contributed by atoms with Gasteiger partial charge in [-0.05, 0) is 13.3 Å². The minimum Gasteiger partial charge on any atom is -0.477 e. The van der Waals surface area contributed by atoms with Crippen molar-refractivity contribution >= 4 is 17.3 Å². The molecule has 1 heterocycles. The van der Waals surface area contributed by atoms with Gasteiger partial charge in [0.2, 0.25) is 0 Å². The first-order valence-corrected chi connectivity index (χ1v) is 5.84. The molecule has 0 saturated heterocycles. The van der Waals surface area contributed by atoms with Gasteiger partial charge in [0, 0.05) is 7.11 Å². The highest BCUT2D eigenvalue weighted by Crippen LogP contribution is 2.39. The maximum Gasteiger partial charge on any atom is 0.435 e. The Labute approximate surface area is 105 Å². The molecule has 1 N–H and O–H groups in total. The fraction of sp³-hybridized carbons (Fsp3) is 0.600. The van der Waals surface area contributed by atoms with Crippen molar-refractivity contribution in [2.75, 3.05) is 7.11 Å². The zero-order valence-corrected chi connectivity index (χ0v) is 10.8. The monoisotopic (exact) mass is 283 g/mol. The van der Waals surface area contributed by atoms with Crippen molar-refractivity contribution in [1.82, 2.24) is 4.98 Å². The van der Waals surface area contributed by atoms with Gasteiger partial charge in [-0.15, -0.1) is 11.3 Å². The standard InChI is InChI=1S/C10H12F3NO3S/c1-4-9(2,17-3)8-14-6(10(11,12)13)5(18-8)7(15)16/h4H2,1-3H3,(H,15,16). The van der Waals surface area contributed by atoms with E-state index in [9.17, 15) is 18.0 Å². The maximum absolute atomic E-state index is 12.7. The van der Waals surface area contributed by atoms with E-state index in [1.807, 2.05) is 0 Å². The predicted molar refractivity (Wildman–Crippen MR) is 58.7 cm³/mol. The molecule has 0 aromatic carbocycles. The van der Waals surface area contributed by atoms with E-state index in [4.69, 9.17) is 9.84 Å². The number of ether oxygens (including phenoxy) is 1. The number of rotatable bonds is 4. The van der Waals surface area contributed by atoms with Gasteiger partial charge in [0.05, 0.1) is 0 Å². The van der Waals surface area contributed by atoms with Crippen LogP contribution in [-0.4, -0.2) is 23.2 Å². The normalized spacial score (nSPS) is 15.4. The molecule has 0 bridgehead atoms. The van der Waals surface area contributed by atoms with Gasteiger partial charge in [-0.3, -0.25) is 0 Å². The fourth-order valence-corrected chi connectivity index (χ4v) is 2.39. The van der Waals surface area contributed by atoms with E-state index in [1.54, 1.807) is 13.8 Å². The van der Waals surface area contributed by atoms with Gasteiger partial charge >= 0.3 is 12.1 Å². The second-order valence-corrected chi connectivity index (χ2v) is 4.79. The number of nitrogens with zero attached hydrogens (tertiary/aromatic N) is 1. The lowest BCUT2D eigenvalue weighted by Crippen LogP contribution is -2.23. The number of carbonyl (C=O) groups is 1. The van der Waals surface area contributed by atoms with Crippen LogP contribution in [0, 0.1) is 0 Å². The van der Waals surface area contributed by atoms with Crippen LogP contribution in [-0.2, 0) is 16.5 Å². The predicted octanol–water partition coefficient (Wildman–Crippen LogP) is 3.13. The summed E-state index contributed by atoms with van der Waals surface area (Å²) >= 11 is 0.495. The van der Waals surface area contributed by atoms with Crippen molar-refractivity contribution in [3.05, 3.63) is 15.6 Å². The van der Waals surface area contributed by atoms with Gasteiger partial charge in [-0.25, -0.2) is 9.78 Å². The van der Waals surface area contributed by atoms with Crippen molar-refractivity contribution in [2.24, 2.45) is 0 Å². The summed E-state index contributed by atoms with van der Waals surface area (Å²) in [4.78, 5) is 13.4. The van der Waals surface area contributed by atoms with Crippen LogP contribution in [0.15, 0.2) is 0 Å². The van der Waals surface area contributed by atoms with Gasteiger partial charge in [0.1, 0.15) is 15.5 Å². The van der Waals surface area contributed by atoms with Crippen molar-refractivity contribution in [1.29, 1.82) is 0 Å². The molecule has 0 aliphatic carbocycles. The first kappa shape index (κ1) is 14.9. The number of hydrogen-bond donors (Lipinski definition) is 1. The smallest absolute Gasteiger partial charge is 0.435 e. The Kier molecular flexibility index (Phi) is 4.02. The molecule has 0 aliphatic heterocycles. The Morgan fingerprint density at radius 3 is 2.33 bits per heavy atom. The van der Waals surface area contributed by atoms with E-state index in [0.29, 0.717) is 17.8 Å². The van der Waals surface area contributed by atoms with Gasteiger partial charge in [-0.2, -0.15) is 13.2 Å². The molecule has 8 heteroatoms. The van der Waals surface area contributed by atoms with Crippen LogP contribution in [0.25, 0.3) is 0 Å². The molecular formula is C10H12F3NO3S. The molecule has 1 aromatic heterocycles. The summed E-state index contributed by atoms with van der Waals surface area (Å²) in [5.41, 5.74) is -2.38. The third-order valence-electron chi connectivity index (χ3n) is 2.67. The highest BCUT2D eigenvalue weighted by atomic mass is 32.1. The van der Waals surface area contributed by atoms with Crippen LogP contribution in [0.1, 0.15) is 40.6 Å². The van der Waals surface area contributed by atoms with Crippen molar-refractivity contribution in [3.63, 3.8) is 0 Å². The van der Waals surface area contributed by atoms with Crippen LogP contribution in [0.2, 0.25) is 0 Å². The largest absolute Gasteiger partial charge is 0.477 e. The number of carboxylic acids is 1. The van der Waals surface area contributed by atoms with E-state index < -0.39 is 28.3 Å². The van der Waals surface area contributed by atoms with Crippen LogP contribution >= 0.6 is 11.3 Å². The quantitative estimate of drug-likeness (QED) is 0.922. The van der Waals surface area contributed by atoms with E-state index >= 15 is 0 Å². The van der Waals surface area contributed by atoms with Crippen molar-refractivity contribution in [2.45, 2.75) is 32.0 Å². The molecule has 1 unspecified atom stereocenters. The summed E-state index contributed by atoms with van der Waals surface area (Å²) in [6.07, 6.45) is -4.40. The van der Waals surface area contributed by atoms with Gasteiger partial charge in [0.25, 0.3) is 0 Å². The summed E-state index contributed by atoms with van der Waals surface area (Å²) in [6.45, 7) is 3.29. The van der Waals surface area contributed by atoms with E-state index in [-0.39, 0.29) is 5.01 Å². The molecule has 0 saturated carbocycles. The zero-order valence-electron chi connectivity index (χ0n) is 9.96. The number of halogens is 3. The second kappa shape index (κ2) is 4.85. The highest BCUT2D eigenvalue weighted by molar-refractivity contribution is 7.13. The fourth-order valence-electron chi connectivity index (χ4n) is 1.27. The molecule has 0 aliphatic rings. The SMILES string of the molecule is CCC(C)(OC)c1nc(C(F)(F)F)c(C(=O)O)s1. The first-order valence-electron chi connectivity index (χ1n) is 5.02. The highest BCUT2D eigenvalue weighted by Gasteiger charge is 2.42. The number of aromatic nitrogens is 1. The van der Waals surface area contributed by atoms with E-state index in [1.165, 1.54) is 7.11 Å². The average Bonchev–Trinajstić information content (AvgIpc) is 2.73. The van der Waals surface area contributed by atoms with E-state index in [0.717, 1.165) is 0 Å². The lowest BCUT2D eigenvalue weighted by Gasteiger charge is -2.23. The number of carboxylic acid groups (broad SMARTS) is 1. The van der Waals surface area contributed by atoms with E-state index in [2.05, 4.69) is 4.98 Å². The van der Waals surface area contributed by atoms with Gasteiger partial charge in [-0.1, -0.05) is 6.92 Å². The lowest BCUT2D eigenvalue weighted by molar-refractivity contribution is -0.141. The zero-order chi connectivity index (χ0) is 14.1. The number of hydrogen-bond acceptors (Lipinski definition) is 4. The topological polar surface area (TPSA) is 59.4 Å². The van der Waals surface area contributed by atoms with Gasteiger partial charge in [0.15, 0.2) is 5.69 Å². The molecule has 4 nitrogen and oxygen atoms in total. The van der Waals surface area contributed by atoms with Crippen molar-refractivity contribution < 1.29 is 27.8 Å². The van der Waals surface area contributed by atoms with Crippen LogP contribution in [0.5, 0.6) is 0 Å². The molecule has 18 heavy (non-hydrogen) atoms. The maximum atomic E-state index is 12.7. The molecular weight excluding hydrogens is 271 g/mol. The molecule has 0 radical (unpaired) electrons. The Balaban J connectivity index is 3.40. The molecule has 1 aromatic rings. The minimum atomic E-state index is -4.79. The number of aromatic carboxylic acids is 1. The molecule has 0 fully saturated rings. The summed E-state index contributed by atoms with van der Waals surface area (Å²) < 4.78 is 43.1. The molecule has 0 spiro atoms. The number of alkyl halides is 3. The Morgan fingerprint density at radius 2 is 2.06 bits per heavy atom. The summed E-state index contributed by atoms with van der Waals surface area (Å²) in [6, 6.07) is 0. The molecule has 102 valence electrons. The second-order valence-electron chi connectivity index (χ2n) is 3.79. The van der Waals surface area contributed by atoms with Gasteiger partial charge < -0.3 is 9.84 Å².